The van der Waals surface area contributed by atoms with Gasteiger partial charge in [-0.2, -0.15) is 0 Å². The van der Waals surface area contributed by atoms with Crippen LogP contribution in [0.2, 0.25) is 0 Å². The number of hydrogen-bond acceptors (Lipinski definition) is 4. The molecule has 1 amide bonds. The van der Waals surface area contributed by atoms with E-state index in [2.05, 4.69) is 5.32 Å². The third-order valence-corrected chi connectivity index (χ3v) is 0.878. The van der Waals surface area contributed by atoms with Crippen LogP contribution in [0.4, 0.5) is 0 Å². The summed E-state index contributed by atoms with van der Waals surface area (Å²) in [7, 11) is 0. The zero-order valence-corrected chi connectivity index (χ0v) is 6.21. The van der Waals surface area contributed by atoms with E-state index in [4.69, 9.17) is 10.5 Å². The van der Waals surface area contributed by atoms with Crippen molar-refractivity contribution in [2.75, 3.05) is 26.3 Å². The lowest BCUT2D eigenvalue weighted by Crippen LogP contribution is -2.29. The van der Waals surface area contributed by atoms with Crippen LogP contribution in [0.1, 0.15) is 0 Å². The van der Waals surface area contributed by atoms with Crippen LogP contribution in [0.5, 0.6) is 0 Å². The predicted molar refractivity (Wildman–Crippen MR) is 38.9 cm³/mol. The highest BCUT2D eigenvalue weighted by Crippen LogP contribution is 1.71. The second-order valence-corrected chi connectivity index (χ2v) is 1.81. The van der Waals surface area contributed by atoms with Crippen molar-refractivity contribution in [2.24, 2.45) is 5.73 Å². The number of carbonyl (C=O) groups excluding carboxylic acids is 2. The number of nitrogens with two attached hydrogens (primary N) is 1. The Labute approximate surface area is 64.9 Å². The van der Waals surface area contributed by atoms with E-state index in [1.165, 1.54) is 0 Å². The van der Waals surface area contributed by atoms with Crippen molar-refractivity contribution in [3.05, 3.63) is 0 Å². The van der Waals surface area contributed by atoms with Gasteiger partial charge in [0, 0.05) is 6.54 Å². The zero-order chi connectivity index (χ0) is 8.53. The highest BCUT2D eigenvalue weighted by Gasteiger charge is 1.97. The maximum atomic E-state index is 10.6. The number of nitrogens with one attached hydrogen (secondary N) is 1. The third-order valence-electron chi connectivity index (χ3n) is 0.878. The van der Waals surface area contributed by atoms with E-state index in [0.29, 0.717) is 19.4 Å². The van der Waals surface area contributed by atoms with Gasteiger partial charge < -0.3 is 20.6 Å². The third kappa shape index (κ3) is 6.95. The molecular formula is C6H12N2O3. The van der Waals surface area contributed by atoms with Crippen LogP contribution >= 0.6 is 0 Å². The lowest BCUT2D eigenvalue weighted by Gasteiger charge is -2.01. The van der Waals surface area contributed by atoms with Crippen LogP contribution < -0.4 is 11.1 Å². The zero-order valence-electron chi connectivity index (χ0n) is 6.21. The fraction of sp³-hybridized carbons (Fsp3) is 0.667. The molecule has 11 heavy (non-hydrogen) atoms. The van der Waals surface area contributed by atoms with Crippen molar-refractivity contribution in [1.29, 1.82) is 0 Å². The number of carbonyl (C=O) groups is 2. The summed E-state index contributed by atoms with van der Waals surface area (Å²) in [6, 6.07) is 0. The molecule has 0 unspecified atom stereocenters. The fourth-order valence-electron chi connectivity index (χ4n) is 0.455. The van der Waals surface area contributed by atoms with E-state index in [0.717, 1.165) is 0 Å². The molecular weight excluding hydrogens is 148 g/mol. The first-order chi connectivity index (χ1) is 5.31. The van der Waals surface area contributed by atoms with Gasteiger partial charge in [0.15, 0.2) is 0 Å². The largest absolute Gasteiger partial charge is 0.370 e. The molecule has 0 saturated carbocycles. The normalized spacial score (nSPS) is 9.18. The molecule has 0 aromatic heterocycles. The molecule has 3 N–H and O–H groups in total. The van der Waals surface area contributed by atoms with Crippen molar-refractivity contribution >= 4 is 12.2 Å². The van der Waals surface area contributed by atoms with E-state index in [1.54, 1.807) is 0 Å². The molecule has 0 bridgehead atoms. The summed E-state index contributed by atoms with van der Waals surface area (Å²) in [6.45, 7) is 0.741. The molecule has 0 aromatic rings. The first-order valence-corrected chi connectivity index (χ1v) is 3.29. The van der Waals surface area contributed by atoms with Crippen molar-refractivity contribution in [2.45, 2.75) is 0 Å². The van der Waals surface area contributed by atoms with Gasteiger partial charge in [-0.1, -0.05) is 0 Å². The lowest BCUT2D eigenvalue weighted by molar-refractivity contribution is -0.126. The maximum absolute atomic E-state index is 10.6. The lowest BCUT2D eigenvalue weighted by atomic mass is 10.6. The Morgan fingerprint density at radius 1 is 1.64 bits per heavy atom. The quantitative estimate of drug-likeness (QED) is 0.357. The van der Waals surface area contributed by atoms with Gasteiger partial charge in [0.05, 0.1) is 13.2 Å². The second-order valence-electron chi connectivity index (χ2n) is 1.81. The van der Waals surface area contributed by atoms with Crippen molar-refractivity contribution in [1.82, 2.24) is 5.32 Å². The van der Waals surface area contributed by atoms with Crippen LogP contribution in [-0.4, -0.2) is 38.5 Å². The highest BCUT2D eigenvalue weighted by atomic mass is 16.5. The summed E-state index contributed by atoms with van der Waals surface area (Å²) in [6.07, 6.45) is 0.612. The van der Waals surface area contributed by atoms with Gasteiger partial charge in [-0.3, -0.25) is 4.79 Å². The van der Waals surface area contributed by atoms with E-state index < -0.39 is 0 Å². The fourth-order valence-corrected chi connectivity index (χ4v) is 0.455. The summed E-state index contributed by atoms with van der Waals surface area (Å²) >= 11 is 0. The minimum atomic E-state index is -0.300. The molecule has 0 aliphatic carbocycles. The summed E-state index contributed by atoms with van der Waals surface area (Å²) in [5.41, 5.74) is 5.10. The summed E-state index contributed by atoms with van der Waals surface area (Å²) in [5.74, 6) is -0.300. The molecule has 0 radical (unpaired) electrons. The molecule has 0 aliphatic rings. The van der Waals surface area contributed by atoms with E-state index in [-0.39, 0.29) is 19.1 Å². The molecule has 5 heteroatoms. The molecule has 0 aromatic carbocycles. The molecule has 0 fully saturated rings. The first kappa shape index (κ1) is 10.1. The molecule has 0 saturated heterocycles. The average molecular weight is 160 g/mol. The summed E-state index contributed by atoms with van der Waals surface area (Å²) < 4.78 is 4.79. The Hall–Kier alpha value is -0.940. The standard InChI is InChI=1S/C6H12N2O3/c7-1-4-11-5-6(10)8-2-3-9/h3H,1-2,4-5,7H2,(H,8,10). The van der Waals surface area contributed by atoms with Crippen LogP contribution in [0, 0.1) is 0 Å². The molecule has 64 valence electrons. The number of ether oxygens (including phenoxy) is 1. The second kappa shape index (κ2) is 7.17. The minimum Gasteiger partial charge on any atom is -0.370 e. The topological polar surface area (TPSA) is 81.4 Å². The Bertz CT molecular complexity index is 127. The van der Waals surface area contributed by atoms with Crippen molar-refractivity contribution in [3.63, 3.8) is 0 Å². The van der Waals surface area contributed by atoms with Gasteiger partial charge in [-0.15, -0.1) is 0 Å². The van der Waals surface area contributed by atoms with E-state index >= 15 is 0 Å². The monoisotopic (exact) mass is 160 g/mol. The highest BCUT2D eigenvalue weighted by molar-refractivity contribution is 5.79. The van der Waals surface area contributed by atoms with Gasteiger partial charge >= 0.3 is 0 Å². The Morgan fingerprint density at radius 2 is 2.36 bits per heavy atom. The van der Waals surface area contributed by atoms with E-state index in [9.17, 15) is 9.59 Å². The number of rotatable bonds is 6. The molecule has 0 atom stereocenters. The predicted octanol–water partition coefficient (Wildman–Crippen LogP) is -1.72. The number of amides is 1. The minimum absolute atomic E-state index is 0.0326. The Morgan fingerprint density at radius 3 is 2.91 bits per heavy atom. The van der Waals surface area contributed by atoms with Crippen LogP contribution in [-0.2, 0) is 14.3 Å². The molecule has 5 nitrogen and oxygen atoms in total. The number of hydrogen-bond donors (Lipinski definition) is 2. The first-order valence-electron chi connectivity index (χ1n) is 3.29. The summed E-state index contributed by atoms with van der Waals surface area (Å²) in [4.78, 5) is 20.4. The molecule has 0 heterocycles. The Balaban J connectivity index is 3.15. The molecule has 0 spiro atoms. The maximum Gasteiger partial charge on any atom is 0.246 e. The van der Waals surface area contributed by atoms with Crippen molar-refractivity contribution < 1.29 is 14.3 Å². The molecule has 0 aliphatic heterocycles. The van der Waals surface area contributed by atoms with Gasteiger partial charge in [0.25, 0.3) is 0 Å². The Kier molecular flexibility index (Phi) is 6.56. The van der Waals surface area contributed by atoms with Gasteiger partial charge in [0.1, 0.15) is 12.9 Å². The van der Waals surface area contributed by atoms with Gasteiger partial charge in [-0.25, -0.2) is 0 Å². The average Bonchev–Trinajstić information content (AvgIpc) is 2.01. The molecule has 0 rings (SSSR count). The summed E-state index contributed by atoms with van der Waals surface area (Å²) in [5, 5.41) is 2.32. The number of aldehydes is 1. The van der Waals surface area contributed by atoms with Crippen LogP contribution in [0.25, 0.3) is 0 Å². The smallest absolute Gasteiger partial charge is 0.246 e. The van der Waals surface area contributed by atoms with Crippen LogP contribution in [0.3, 0.4) is 0 Å². The van der Waals surface area contributed by atoms with Gasteiger partial charge in [-0.05, 0) is 0 Å². The SMILES string of the molecule is NCCOCC(=O)NCC=O. The van der Waals surface area contributed by atoms with Gasteiger partial charge in [0.2, 0.25) is 5.91 Å². The van der Waals surface area contributed by atoms with Crippen molar-refractivity contribution in [3.8, 4) is 0 Å². The van der Waals surface area contributed by atoms with E-state index in [1.807, 2.05) is 0 Å². The van der Waals surface area contributed by atoms with Crippen LogP contribution in [0.15, 0.2) is 0 Å².